The van der Waals surface area contributed by atoms with E-state index in [1.165, 1.54) is 0 Å². The van der Waals surface area contributed by atoms with Crippen molar-refractivity contribution in [2.45, 2.75) is 38.5 Å². The lowest BCUT2D eigenvalue weighted by molar-refractivity contribution is -0.129. The smallest absolute Gasteiger partial charge is 0.243 e. The van der Waals surface area contributed by atoms with Crippen LogP contribution in [0.1, 0.15) is 38.5 Å². The molecule has 0 saturated heterocycles. The zero-order chi connectivity index (χ0) is 14.8. The van der Waals surface area contributed by atoms with Gasteiger partial charge in [-0.2, -0.15) is 0 Å². The number of nitrogens with one attached hydrogen (secondary N) is 2. The Labute approximate surface area is 126 Å². The van der Waals surface area contributed by atoms with Crippen LogP contribution in [0.5, 0.6) is 0 Å². The van der Waals surface area contributed by atoms with Crippen molar-refractivity contribution < 1.29 is 14.8 Å². The third-order valence-electron chi connectivity index (χ3n) is 2.81. The van der Waals surface area contributed by atoms with E-state index in [4.69, 9.17) is 5.21 Å². The van der Waals surface area contributed by atoms with E-state index in [-0.39, 0.29) is 11.8 Å². The normalized spacial score (nSPS) is 10.1. The lowest BCUT2D eigenvalue weighted by Crippen LogP contribution is -2.17. The number of rotatable bonds is 8. The van der Waals surface area contributed by atoms with Crippen LogP contribution in [0.15, 0.2) is 28.7 Å². The average Bonchev–Trinajstić information content (AvgIpc) is 2.44. The predicted octanol–water partition coefficient (Wildman–Crippen LogP) is 3.23. The number of amides is 2. The minimum absolute atomic E-state index is 0.000392. The molecule has 0 bridgehead atoms. The van der Waals surface area contributed by atoms with Crippen LogP contribution in [-0.2, 0) is 9.59 Å². The molecule has 6 heteroatoms. The van der Waals surface area contributed by atoms with E-state index in [1.807, 2.05) is 24.3 Å². The molecule has 1 aromatic carbocycles. The largest absolute Gasteiger partial charge is 0.326 e. The Morgan fingerprint density at radius 1 is 0.950 bits per heavy atom. The van der Waals surface area contributed by atoms with E-state index >= 15 is 0 Å². The third-order valence-corrected chi connectivity index (χ3v) is 3.34. The third kappa shape index (κ3) is 7.25. The van der Waals surface area contributed by atoms with Crippen LogP contribution in [0.3, 0.4) is 0 Å². The number of hydrogen-bond donors (Lipinski definition) is 3. The van der Waals surface area contributed by atoms with Crippen molar-refractivity contribution in [2.24, 2.45) is 0 Å². The first-order valence-electron chi connectivity index (χ1n) is 6.60. The van der Waals surface area contributed by atoms with E-state index in [1.54, 1.807) is 5.48 Å². The van der Waals surface area contributed by atoms with E-state index in [9.17, 15) is 9.59 Å². The van der Waals surface area contributed by atoms with E-state index in [0.717, 1.165) is 35.8 Å². The second kappa shape index (κ2) is 9.50. The standard InChI is InChI=1S/C14H19BrN2O3/c15-11-7-9-12(10-8-11)16-13(18)5-3-1-2-4-6-14(19)17-20/h7-10,20H,1-6H2,(H,16,18)(H,17,19). The molecule has 2 amide bonds. The highest BCUT2D eigenvalue weighted by Crippen LogP contribution is 2.14. The summed E-state index contributed by atoms with van der Waals surface area (Å²) in [5.74, 6) is -0.363. The number of carbonyl (C=O) groups excluding carboxylic acids is 2. The Balaban J connectivity index is 2.08. The predicted molar refractivity (Wildman–Crippen MR) is 80.4 cm³/mol. The quantitative estimate of drug-likeness (QED) is 0.385. The van der Waals surface area contributed by atoms with E-state index in [2.05, 4.69) is 21.2 Å². The minimum Gasteiger partial charge on any atom is -0.326 e. The molecule has 0 aliphatic rings. The van der Waals surface area contributed by atoms with Crippen LogP contribution < -0.4 is 10.8 Å². The van der Waals surface area contributed by atoms with Crippen LogP contribution >= 0.6 is 15.9 Å². The van der Waals surface area contributed by atoms with Gasteiger partial charge in [0, 0.05) is 23.0 Å². The molecule has 0 saturated carbocycles. The summed E-state index contributed by atoms with van der Waals surface area (Å²) in [6.07, 6.45) is 4.08. The fourth-order valence-electron chi connectivity index (χ4n) is 1.74. The van der Waals surface area contributed by atoms with E-state index < -0.39 is 0 Å². The zero-order valence-electron chi connectivity index (χ0n) is 11.2. The van der Waals surface area contributed by atoms with Crippen molar-refractivity contribution >= 4 is 33.4 Å². The zero-order valence-corrected chi connectivity index (χ0v) is 12.8. The van der Waals surface area contributed by atoms with Crippen molar-refractivity contribution in [1.29, 1.82) is 0 Å². The number of anilines is 1. The topological polar surface area (TPSA) is 78.4 Å². The number of carbonyl (C=O) groups is 2. The van der Waals surface area contributed by atoms with Gasteiger partial charge >= 0.3 is 0 Å². The van der Waals surface area contributed by atoms with Gasteiger partial charge in [-0.3, -0.25) is 14.8 Å². The van der Waals surface area contributed by atoms with Gasteiger partial charge in [0.25, 0.3) is 0 Å². The molecule has 0 aliphatic carbocycles. The molecule has 0 spiro atoms. The van der Waals surface area contributed by atoms with Gasteiger partial charge in [0.15, 0.2) is 0 Å². The lowest BCUT2D eigenvalue weighted by atomic mass is 10.1. The molecule has 3 N–H and O–H groups in total. The van der Waals surface area contributed by atoms with Gasteiger partial charge in [-0.05, 0) is 37.1 Å². The molecule has 1 aromatic rings. The first kappa shape index (κ1) is 16.7. The SMILES string of the molecule is O=C(CCCCCCC(=O)Nc1ccc(Br)cc1)NO. The molecule has 0 radical (unpaired) electrons. The maximum absolute atomic E-state index is 11.7. The van der Waals surface area contributed by atoms with Gasteiger partial charge in [-0.1, -0.05) is 28.8 Å². The molecule has 0 unspecified atom stereocenters. The first-order chi connectivity index (χ1) is 9.61. The van der Waals surface area contributed by atoms with Crippen molar-refractivity contribution in [3.05, 3.63) is 28.7 Å². The maximum atomic E-state index is 11.7. The number of benzene rings is 1. The number of unbranched alkanes of at least 4 members (excludes halogenated alkanes) is 3. The summed E-state index contributed by atoms with van der Waals surface area (Å²) in [7, 11) is 0. The number of hydrogen-bond acceptors (Lipinski definition) is 3. The van der Waals surface area contributed by atoms with Crippen molar-refractivity contribution in [2.75, 3.05) is 5.32 Å². The highest BCUT2D eigenvalue weighted by atomic mass is 79.9. The Morgan fingerprint density at radius 3 is 2.05 bits per heavy atom. The summed E-state index contributed by atoms with van der Waals surface area (Å²) < 4.78 is 0.974. The summed E-state index contributed by atoms with van der Waals surface area (Å²) in [6, 6.07) is 7.44. The second-order valence-electron chi connectivity index (χ2n) is 4.50. The minimum atomic E-state index is -0.363. The molecule has 110 valence electrons. The van der Waals surface area contributed by atoms with Gasteiger partial charge in [0.2, 0.25) is 11.8 Å². The maximum Gasteiger partial charge on any atom is 0.243 e. The molecule has 1 rings (SSSR count). The summed E-state index contributed by atoms with van der Waals surface area (Å²) in [5.41, 5.74) is 2.39. The Morgan fingerprint density at radius 2 is 1.50 bits per heavy atom. The van der Waals surface area contributed by atoms with Crippen molar-refractivity contribution in [3.8, 4) is 0 Å². The Bertz CT molecular complexity index is 435. The summed E-state index contributed by atoms with van der Waals surface area (Å²) in [5, 5.41) is 11.1. The Kier molecular flexibility index (Phi) is 7.91. The molecule has 5 nitrogen and oxygen atoms in total. The second-order valence-corrected chi connectivity index (χ2v) is 5.42. The van der Waals surface area contributed by atoms with Gasteiger partial charge in [-0.15, -0.1) is 0 Å². The monoisotopic (exact) mass is 342 g/mol. The van der Waals surface area contributed by atoms with Crippen LogP contribution in [0.25, 0.3) is 0 Å². The molecule has 0 atom stereocenters. The highest BCUT2D eigenvalue weighted by molar-refractivity contribution is 9.10. The fourth-order valence-corrected chi connectivity index (χ4v) is 2.00. The average molecular weight is 343 g/mol. The first-order valence-corrected chi connectivity index (χ1v) is 7.39. The van der Waals surface area contributed by atoms with Gasteiger partial charge < -0.3 is 5.32 Å². The van der Waals surface area contributed by atoms with Crippen LogP contribution in [0, 0.1) is 0 Å². The summed E-state index contributed by atoms with van der Waals surface area (Å²) >= 11 is 3.34. The van der Waals surface area contributed by atoms with E-state index in [0.29, 0.717) is 12.8 Å². The molecule has 0 fully saturated rings. The molecular weight excluding hydrogens is 324 g/mol. The van der Waals surface area contributed by atoms with Gasteiger partial charge in [0.1, 0.15) is 0 Å². The van der Waals surface area contributed by atoms with Gasteiger partial charge in [-0.25, -0.2) is 5.48 Å². The van der Waals surface area contributed by atoms with Gasteiger partial charge in [0.05, 0.1) is 0 Å². The summed E-state index contributed by atoms with van der Waals surface area (Å²) in [4.78, 5) is 22.4. The molecule has 20 heavy (non-hydrogen) atoms. The van der Waals surface area contributed by atoms with Crippen molar-refractivity contribution in [3.63, 3.8) is 0 Å². The molecule has 0 aromatic heterocycles. The molecular formula is C14H19BrN2O3. The fraction of sp³-hybridized carbons (Fsp3) is 0.429. The number of halogens is 1. The lowest BCUT2D eigenvalue weighted by Gasteiger charge is -2.05. The highest BCUT2D eigenvalue weighted by Gasteiger charge is 2.03. The van der Waals surface area contributed by atoms with Crippen LogP contribution in [0.2, 0.25) is 0 Å². The van der Waals surface area contributed by atoms with Crippen LogP contribution in [0.4, 0.5) is 5.69 Å². The number of hydroxylamine groups is 1. The van der Waals surface area contributed by atoms with Crippen molar-refractivity contribution in [1.82, 2.24) is 5.48 Å². The van der Waals surface area contributed by atoms with Crippen LogP contribution in [-0.4, -0.2) is 17.0 Å². The summed E-state index contributed by atoms with van der Waals surface area (Å²) in [6.45, 7) is 0. The molecule has 0 aliphatic heterocycles. The molecule has 0 heterocycles. The Hall–Kier alpha value is -1.40.